The van der Waals surface area contributed by atoms with Gasteiger partial charge in [0.1, 0.15) is 0 Å². The minimum absolute atomic E-state index is 0.404. The number of likely N-dealkylation sites (tertiary alicyclic amines) is 1. The number of hydrogen-bond acceptors (Lipinski definition) is 2. The largest absolute Gasteiger partial charge is 0.378 e. The molecule has 2 atom stereocenters. The van der Waals surface area contributed by atoms with E-state index in [1.54, 1.807) is 0 Å². The molecule has 1 aliphatic heterocycles. The van der Waals surface area contributed by atoms with Gasteiger partial charge in [-0.05, 0) is 38.0 Å². The summed E-state index contributed by atoms with van der Waals surface area (Å²) in [5.74, 6) is 1.10. The average Bonchev–Trinajstić information content (AvgIpc) is 2.71. The molecule has 0 bridgehead atoms. The smallest absolute Gasteiger partial charge is 0.193 e. The third-order valence-electron chi connectivity index (χ3n) is 5.93. The molecule has 2 unspecified atom stereocenters. The van der Waals surface area contributed by atoms with Gasteiger partial charge in [0, 0.05) is 38.2 Å². The SMILES string of the molecule is CCOC1CC(NC(=NC)N2CCC(C)(C)C2)C12CCC2. The highest BCUT2D eigenvalue weighted by atomic mass is 16.5. The molecule has 3 fully saturated rings. The van der Waals surface area contributed by atoms with Gasteiger partial charge in [-0.1, -0.05) is 20.3 Å². The number of ether oxygens (including phenoxy) is 1. The molecule has 1 saturated heterocycles. The minimum Gasteiger partial charge on any atom is -0.378 e. The van der Waals surface area contributed by atoms with Crippen LogP contribution in [0.15, 0.2) is 4.99 Å². The molecule has 0 aromatic heterocycles. The molecule has 1 heterocycles. The molecule has 2 aliphatic carbocycles. The Bertz CT molecular complexity index is 414. The summed E-state index contributed by atoms with van der Waals surface area (Å²) in [6, 6.07) is 0.560. The number of guanidine groups is 1. The van der Waals surface area contributed by atoms with E-state index in [9.17, 15) is 0 Å². The van der Waals surface area contributed by atoms with Crippen LogP contribution in [0.5, 0.6) is 0 Å². The van der Waals surface area contributed by atoms with Gasteiger partial charge in [0.15, 0.2) is 5.96 Å². The number of hydrogen-bond donors (Lipinski definition) is 1. The van der Waals surface area contributed by atoms with Gasteiger partial charge in [-0.3, -0.25) is 4.99 Å². The third kappa shape index (κ3) is 2.56. The zero-order chi connectivity index (χ0) is 15.1. The Morgan fingerprint density at radius 1 is 1.33 bits per heavy atom. The van der Waals surface area contributed by atoms with Gasteiger partial charge >= 0.3 is 0 Å². The lowest BCUT2D eigenvalue weighted by molar-refractivity contribution is -0.168. The van der Waals surface area contributed by atoms with Crippen LogP contribution in [0.1, 0.15) is 52.9 Å². The average molecular weight is 293 g/mol. The van der Waals surface area contributed by atoms with E-state index in [0.29, 0.717) is 23.0 Å². The third-order valence-corrected chi connectivity index (χ3v) is 5.93. The number of aliphatic imine (C=N–C) groups is 1. The summed E-state index contributed by atoms with van der Waals surface area (Å²) < 4.78 is 5.95. The van der Waals surface area contributed by atoms with E-state index in [4.69, 9.17) is 4.74 Å². The Morgan fingerprint density at radius 3 is 2.57 bits per heavy atom. The fraction of sp³-hybridized carbons (Fsp3) is 0.941. The van der Waals surface area contributed by atoms with E-state index in [1.807, 2.05) is 7.05 Å². The minimum atomic E-state index is 0.404. The van der Waals surface area contributed by atoms with E-state index < -0.39 is 0 Å². The van der Waals surface area contributed by atoms with Crippen molar-refractivity contribution in [2.45, 2.75) is 65.0 Å². The highest BCUT2D eigenvalue weighted by molar-refractivity contribution is 5.80. The molecule has 4 nitrogen and oxygen atoms in total. The maximum absolute atomic E-state index is 5.95. The summed E-state index contributed by atoms with van der Waals surface area (Å²) in [6.07, 6.45) is 6.86. The number of rotatable bonds is 3. The fourth-order valence-corrected chi connectivity index (χ4v) is 4.39. The first-order valence-corrected chi connectivity index (χ1v) is 8.61. The second-order valence-corrected chi connectivity index (χ2v) is 7.85. The molecule has 0 radical (unpaired) electrons. The molecular weight excluding hydrogens is 262 g/mol. The summed E-state index contributed by atoms with van der Waals surface area (Å²) in [5.41, 5.74) is 0.820. The lowest BCUT2D eigenvalue weighted by atomic mass is 9.51. The predicted molar refractivity (Wildman–Crippen MR) is 86.6 cm³/mol. The first kappa shape index (κ1) is 15.1. The summed E-state index contributed by atoms with van der Waals surface area (Å²) in [5, 5.41) is 3.76. The standard InChI is InChI=1S/C17H31N3O/c1-5-21-14-11-13(17(14)7-6-8-17)19-15(18-4)20-10-9-16(2,3)12-20/h13-14H,5-12H2,1-4H3,(H,18,19). The van der Waals surface area contributed by atoms with E-state index in [2.05, 4.69) is 36.0 Å². The maximum atomic E-state index is 5.95. The molecule has 4 heteroatoms. The van der Waals surface area contributed by atoms with Gasteiger partial charge in [0.2, 0.25) is 0 Å². The van der Waals surface area contributed by atoms with E-state index in [-0.39, 0.29) is 0 Å². The molecule has 1 spiro atoms. The Hall–Kier alpha value is -0.770. The van der Waals surface area contributed by atoms with E-state index in [1.165, 1.54) is 25.7 Å². The van der Waals surface area contributed by atoms with Crippen molar-refractivity contribution in [2.24, 2.45) is 15.8 Å². The Labute approximate surface area is 129 Å². The van der Waals surface area contributed by atoms with Crippen molar-refractivity contribution in [1.29, 1.82) is 0 Å². The molecule has 0 aromatic carbocycles. The lowest BCUT2D eigenvalue weighted by Gasteiger charge is -2.61. The lowest BCUT2D eigenvalue weighted by Crippen LogP contribution is -2.68. The van der Waals surface area contributed by atoms with Crippen LogP contribution in [0.3, 0.4) is 0 Å². The maximum Gasteiger partial charge on any atom is 0.193 e. The topological polar surface area (TPSA) is 36.9 Å². The second kappa shape index (κ2) is 5.45. The zero-order valence-corrected chi connectivity index (χ0v) is 14.1. The van der Waals surface area contributed by atoms with Crippen LogP contribution >= 0.6 is 0 Å². The van der Waals surface area contributed by atoms with Crippen LogP contribution in [-0.4, -0.2) is 49.7 Å². The summed E-state index contributed by atoms with van der Waals surface area (Å²) in [6.45, 7) is 9.89. The predicted octanol–water partition coefficient (Wildman–Crippen LogP) is 2.64. The number of nitrogens with one attached hydrogen (secondary N) is 1. The molecule has 2 saturated carbocycles. The van der Waals surface area contributed by atoms with Crippen LogP contribution in [0, 0.1) is 10.8 Å². The highest BCUT2D eigenvalue weighted by Gasteiger charge is 2.59. The Morgan fingerprint density at radius 2 is 2.10 bits per heavy atom. The van der Waals surface area contributed by atoms with Gasteiger partial charge in [0.05, 0.1) is 6.10 Å². The van der Waals surface area contributed by atoms with Crippen LogP contribution < -0.4 is 5.32 Å². The van der Waals surface area contributed by atoms with Crippen molar-refractivity contribution < 1.29 is 4.74 Å². The molecule has 3 aliphatic rings. The van der Waals surface area contributed by atoms with Crippen molar-refractivity contribution >= 4 is 5.96 Å². The Balaban J connectivity index is 1.61. The zero-order valence-electron chi connectivity index (χ0n) is 14.1. The monoisotopic (exact) mass is 293 g/mol. The summed E-state index contributed by atoms with van der Waals surface area (Å²) in [4.78, 5) is 6.97. The van der Waals surface area contributed by atoms with Gasteiger partial charge in [-0.2, -0.15) is 0 Å². The summed E-state index contributed by atoms with van der Waals surface area (Å²) >= 11 is 0. The van der Waals surface area contributed by atoms with Crippen LogP contribution in [0.25, 0.3) is 0 Å². The van der Waals surface area contributed by atoms with Gasteiger partial charge < -0.3 is 15.0 Å². The molecule has 1 N–H and O–H groups in total. The van der Waals surface area contributed by atoms with E-state index in [0.717, 1.165) is 32.1 Å². The fourth-order valence-electron chi connectivity index (χ4n) is 4.39. The first-order chi connectivity index (χ1) is 10.0. The molecule has 0 aromatic rings. The quantitative estimate of drug-likeness (QED) is 0.642. The van der Waals surface area contributed by atoms with E-state index >= 15 is 0 Å². The molecule has 21 heavy (non-hydrogen) atoms. The van der Waals surface area contributed by atoms with Crippen molar-refractivity contribution in [1.82, 2.24) is 10.2 Å². The molecule has 120 valence electrons. The van der Waals surface area contributed by atoms with Crippen molar-refractivity contribution in [2.75, 3.05) is 26.7 Å². The summed E-state index contributed by atoms with van der Waals surface area (Å²) in [7, 11) is 1.92. The van der Waals surface area contributed by atoms with Crippen LogP contribution in [0.4, 0.5) is 0 Å². The van der Waals surface area contributed by atoms with Gasteiger partial charge in [-0.25, -0.2) is 0 Å². The first-order valence-electron chi connectivity index (χ1n) is 8.61. The second-order valence-electron chi connectivity index (χ2n) is 7.85. The highest BCUT2D eigenvalue weighted by Crippen LogP contribution is 2.57. The van der Waals surface area contributed by atoms with Crippen molar-refractivity contribution in [3.05, 3.63) is 0 Å². The Kier molecular flexibility index (Phi) is 3.93. The number of nitrogens with zero attached hydrogens (tertiary/aromatic N) is 2. The van der Waals surface area contributed by atoms with Crippen molar-refractivity contribution in [3.8, 4) is 0 Å². The molecule has 0 amide bonds. The van der Waals surface area contributed by atoms with Crippen molar-refractivity contribution in [3.63, 3.8) is 0 Å². The van der Waals surface area contributed by atoms with Gasteiger partial charge in [-0.15, -0.1) is 0 Å². The molecular formula is C17H31N3O. The van der Waals surface area contributed by atoms with Crippen LogP contribution in [0.2, 0.25) is 0 Å². The van der Waals surface area contributed by atoms with Crippen LogP contribution in [-0.2, 0) is 4.74 Å². The molecule has 3 rings (SSSR count). The normalized spacial score (nSPS) is 33.7. The van der Waals surface area contributed by atoms with Gasteiger partial charge in [0.25, 0.3) is 0 Å².